The minimum absolute atomic E-state index is 0.0430. The zero-order valence-corrected chi connectivity index (χ0v) is 12.8. The van der Waals surface area contributed by atoms with Gasteiger partial charge in [0.15, 0.2) is 0 Å². The normalized spacial score (nSPS) is 26.2. The lowest BCUT2D eigenvalue weighted by atomic mass is 9.80. The molecule has 0 radical (unpaired) electrons. The SMILES string of the molecule is Cc1cccc(NC(=O)CNC2CCC(C)CC2C)c1. The van der Waals surface area contributed by atoms with Crippen LogP contribution in [-0.4, -0.2) is 18.5 Å². The summed E-state index contributed by atoms with van der Waals surface area (Å²) in [6.45, 7) is 7.03. The Morgan fingerprint density at radius 3 is 2.80 bits per heavy atom. The average molecular weight is 274 g/mol. The van der Waals surface area contributed by atoms with Gasteiger partial charge in [-0.3, -0.25) is 4.79 Å². The van der Waals surface area contributed by atoms with E-state index in [1.165, 1.54) is 19.3 Å². The van der Waals surface area contributed by atoms with Crippen molar-refractivity contribution in [1.29, 1.82) is 0 Å². The van der Waals surface area contributed by atoms with E-state index in [1.54, 1.807) is 0 Å². The van der Waals surface area contributed by atoms with Gasteiger partial charge in [0.05, 0.1) is 6.54 Å². The van der Waals surface area contributed by atoms with E-state index in [1.807, 2.05) is 31.2 Å². The van der Waals surface area contributed by atoms with E-state index in [0.717, 1.165) is 17.2 Å². The minimum atomic E-state index is 0.0430. The molecule has 2 N–H and O–H groups in total. The zero-order valence-electron chi connectivity index (χ0n) is 12.8. The maximum absolute atomic E-state index is 12.0. The Kier molecular flexibility index (Phi) is 5.18. The number of carbonyl (C=O) groups excluding carboxylic acids is 1. The smallest absolute Gasteiger partial charge is 0.238 e. The Balaban J connectivity index is 1.78. The third kappa shape index (κ3) is 4.34. The second kappa shape index (κ2) is 6.89. The van der Waals surface area contributed by atoms with E-state index in [-0.39, 0.29) is 5.91 Å². The molecule has 1 amide bonds. The lowest BCUT2D eigenvalue weighted by molar-refractivity contribution is -0.115. The first-order valence-corrected chi connectivity index (χ1v) is 7.64. The summed E-state index contributed by atoms with van der Waals surface area (Å²) < 4.78 is 0. The lowest BCUT2D eigenvalue weighted by Gasteiger charge is -2.33. The first-order valence-electron chi connectivity index (χ1n) is 7.64. The third-order valence-electron chi connectivity index (χ3n) is 4.26. The Hall–Kier alpha value is -1.35. The van der Waals surface area contributed by atoms with E-state index in [2.05, 4.69) is 24.5 Å². The number of hydrogen-bond acceptors (Lipinski definition) is 2. The number of carbonyl (C=O) groups is 1. The molecule has 1 fully saturated rings. The number of anilines is 1. The fraction of sp³-hybridized carbons (Fsp3) is 0.588. The van der Waals surface area contributed by atoms with Gasteiger partial charge in [-0.1, -0.05) is 26.0 Å². The van der Waals surface area contributed by atoms with E-state index >= 15 is 0 Å². The third-order valence-corrected chi connectivity index (χ3v) is 4.26. The van der Waals surface area contributed by atoms with Crippen LogP contribution in [0, 0.1) is 18.8 Å². The molecule has 1 saturated carbocycles. The van der Waals surface area contributed by atoms with Crippen LogP contribution >= 0.6 is 0 Å². The summed E-state index contributed by atoms with van der Waals surface area (Å²) in [5.74, 6) is 1.52. The van der Waals surface area contributed by atoms with Gasteiger partial charge < -0.3 is 10.6 Å². The predicted molar refractivity (Wildman–Crippen MR) is 83.8 cm³/mol. The molecule has 0 saturated heterocycles. The number of aryl methyl sites for hydroxylation is 1. The van der Waals surface area contributed by atoms with E-state index in [4.69, 9.17) is 0 Å². The summed E-state index contributed by atoms with van der Waals surface area (Å²) in [6.07, 6.45) is 3.71. The summed E-state index contributed by atoms with van der Waals surface area (Å²) in [5, 5.41) is 6.36. The average Bonchev–Trinajstić information content (AvgIpc) is 2.37. The van der Waals surface area contributed by atoms with Crippen molar-refractivity contribution >= 4 is 11.6 Å². The van der Waals surface area contributed by atoms with Crippen LogP contribution in [0.5, 0.6) is 0 Å². The monoisotopic (exact) mass is 274 g/mol. The Bertz CT molecular complexity index is 458. The molecule has 1 aromatic rings. The second-order valence-corrected chi connectivity index (χ2v) is 6.30. The highest BCUT2D eigenvalue weighted by atomic mass is 16.1. The van der Waals surface area contributed by atoms with E-state index in [0.29, 0.717) is 18.5 Å². The van der Waals surface area contributed by atoms with Gasteiger partial charge >= 0.3 is 0 Å². The first-order chi connectivity index (χ1) is 9.54. The molecule has 1 aromatic carbocycles. The van der Waals surface area contributed by atoms with Crippen LogP contribution in [0.15, 0.2) is 24.3 Å². The van der Waals surface area contributed by atoms with Gasteiger partial charge in [-0.05, 0) is 55.7 Å². The standard InChI is InChI=1S/C17H26N2O/c1-12-5-4-6-15(10-12)19-17(20)11-18-16-8-7-13(2)9-14(16)3/h4-6,10,13-14,16,18H,7-9,11H2,1-3H3,(H,19,20). The summed E-state index contributed by atoms with van der Waals surface area (Å²) in [4.78, 5) is 12.0. The molecule has 20 heavy (non-hydrogen) atoms. The Morgan fingerprint density at radius 2 is 2.10 bits per heavy atom. The van der Waals surface area contributed by atoms with Crippen molar-refractivity contribution in [2.75, 3.05) is 11.9 Å². The van der Waals surface area contributed by atoms with Crippen molar-refractivity contribution in [3.63, 3.8) is 0 Å². The Morgan fingerprint density at radius 1 is 1.30 bits per heavy atom. The zero-order chi connectivity index (χ0) is 14.5. The van der Waals surface area contributed by atoms with Crippen LogP contribution in [0.25, 0.3) is 0 Å². The van der Waals surface area contributed by atoms with Gasteiger partial charge in [-0.25, -0.2) is 0 Å². The fourth-order valence-corrected chi connectivity index (χ4v) is 3.12. The van der Waals surface area contributed by atoms with Crippen LogP contribution in [-0.2, 0) is 4.79 Å². The molecule has 0 spiro atoms. The fourth-order valence-electron chi connectivity index (χ4n) is 3.12. The van der Waals surface area contributed by atoms with E-state index < -0.39 is 0 Å². The lowest BCUT2D eigenvalue weighted by Crippen LogP contribution is -2.42. The molecular weight excluding hydrogens is 248 g/mol. The molecule has 1 aliphatic rings. The Labute approximate surface area is 122 Å². The molecule has 110 valence electrons. The number of hydrogen-bond donors (Lipinski definition) is 2. The van der Waals surface area contributed by atoms with Gasteiger partial charge in [-0.15, -0.1) is 0 Å². The highest BCUT2D eigenvalue weighted by Crippen LogP contribution is 2.28. The van der Waals surface area contributed by atoms with Gasteiger partial charge in [0.1, 0.15) is 0 Å². The highest BCUT2D eigenvalue weighted by molar-refractivity contribution is 5.92. The predicted octanol–water partition coefficient (Wildman–Crippen LogP) is 3.35. The topological polar surface area (TPSA) is 41.1 Å². The maximum Gasteiger partial charge on any atom is 0.238 e. The molecule has 3 unspecified atom stereocenters. The molecule has 3 heteroatoms. The first kappa shape index (κ1) is 15.0. The van der Waals surface area contributed by atoms with Gasteiger partial charge in [0.25, 0.3) is 0 Å². The highest BCUT2D eigenvalue weighted by Gasteiger charge is 2.25. The van der Waals surface area contributed by atoms with Crippen LogP contribution < -0.4 is 10.6 Å². The molecule has 0 aromatic heterocycles. The van der Waals surface area contributed by atoms with Crippen molar-refractivity contribution in [2.45, 2.75) is 46.1 Å². The molecule has 1 aliphatic carbocycles. The van der Waals surface area contributed by atoms with Crippen molar-refractivity contribution in [2.24, 2.45) is 11.8 Å². The molecule has 2 rings (SSSR count). The molecular formula is C17H26N2O. The maximum atomic E-state index is 12.0. The molecule has 3 nitrogen and oxygen atoms in total. The van der Waals surface area contributed by atoms with Gasteiger partial charge in [0, 0.05) is 11.7 Å². The van der Waals surface area contributed by atoms with Crippen molar-refractivity contribution in [1.82, 2.24) is 5.32 Å². The van der Waals surface area contributed by atoms with Crippen molar-refractivity contribution in [3.05, 3.63) is 29.8 Å². The van der Waals surface area contributed by atoms with Crippen LogP contribution in [0.3, 0.4) is 0 Å². The van der Waals surface area contributed by atoms with Crippen molar-refractivity contribution < 1.29 is 4.79 Å². The molecule has 3 atom stereocenters. The summed E-state index contributed by atoms with van der Waals surface area (Å²) >= 11 is 0. The van der Waals surface area contributed by atoms with Crippen LogP contribution in [0.1, 0.15) is 38.7 Å². The number of nitrogens with one attached hydrogen (secondary N) is 2. The number of amides is 1. The molecule has 0 heterocycles. The summed E-state index contributed by atoms with van der Waals surface area (Å²) in [6, 6.07) is 8.38. The number of benzene rings is 1. The van der Waals surface area contributed by atoms with Gasteiger partial charge in [-0.2, -0.15) is 0 Å². The summed E-state index contributed by atoms with van der Waals surface area (Å²) in [5.41, 5.74) is 2.03. The second-order valence-electron chi connectivity index (χ2n) is 6.30. The van der Waals surface area contributed by atoms with Crippen LogP contribution in [0.4, 0.5) is 5.69 Å². The molecule has 0 aliphatic heterocycles. The van der Waals surface area contributed by atoms with Gasteiger partial charge in [0.2, 0.25) is 5.91 Å². The largest absolute Gasteiger partial charge is 0.325 e. The number of rotatable bonds is 4. The quantitative estimate of drug-likeness (QED) is 0.884. The summed E-state index contributed by atoms with van der Waals surface area (Å²) in [7, 11) is 0. The van der Waals surface area contributed by atoms with Crippen LogP contribution in [0.2, 0.25) is 0 Å². The minimum Gasteiger partial charge on any atom is -0.325 e. The molecule has 0 bridgehead atoms. The van der Waals surface area contributed by atoms with E-state index in [9.17, 15) is 4.79 Å². The van der Waals surface area contributed by atoms with Crippen molar-refractivity contribution in [3.8, 4) is 0 Å².